The Bertz CT molecular complexity index is 1750. The van der Waals surface area contributed by atoms with E-state index in [1.54, 1.807) is 0 Å². The Labute approximate surface area is 304 Å². The van der Waals surface area contributed by atoms with E-state index in [-0.39, 0.29) is 0 Å². The average molecular weight is 735 g/mol. The van der Waals surface area contributed by atoms with Gasteiger partial charge in [0.05, 0.1) is 0 Å². The van der Waals surface area contributed by atoms with Crippen molar-refractivity contribution in [2.24, 2.45) is 0 Å². The zero-order valence-electron chi connectivity index (χ0n) is 29.5. The molecule has 6 rings (SSSR count). The molecule has 0 aliphatic rings. The van der Waals surface area contributed by atoms with Crippen LogP contribution in [0.25, 0.3) is 0 Å². The van der Waals surface area contributed by atoms with Gasteiger partial charge in [-0.15, -0.1) is 0 Å². The van der Waals surface area contributed by atoms with Gasteiger partial charge in [0.15, 0.2) is 0 Å². The van der Waals surface area contributed by atoms with E-state index in [1.165, 1.54) is 0 Å². The van der Waals surface area contributed by atoms with Crippen LogP contribution in [0.15, 0.2) is 182 Å². The Morgan fingerprint density at radius 3 is 0.745 bits per heavy atom. The van der Waals surface area contributed by atoms with Crippen molar-refractivity contribution < 1.29 is 16.4 Å². The van der Waals surface area contributed by atoms with Gasteiger partial charge in [-0.25, -0.2) is 0 Å². The van der Waals surface area contributed by atoms with Crippen LogP contribution in [0.2, 0.25) is 0 Å². The predicted molar refractivity (Wildman–Crippen MR) is 221 cm³/mol. The first-order chi connectivity index (χ1) is 24.8. The molecule has 0 heterocycles. The van der Waals surface area contributed by atoms with Gasteiger partial charge in [0.2, 0.25) is 0 Å². The van der Waals surface area contributed by atoms with Crippen molar-refractivity contribution in [2.75, 3.05) is 12.3 Å². The Hall–Kier alpha value is -3.95. The molecule has 0 fully saturated rings. The number of hydrogen-bond acceptors (Lipinski definition) is 4. The molecule has 7 heteroatoms. The van der Waals surface area contributed by atoms with Crippen molar-refractivity contribution in [3.8, 4) is 0 Å². The van der Waals surface area contributed by atoms with E-state index in [4.69, 9.17) is 7.94 Å². The molecule has 0 unspecified atom stereocenters. The Morgan fingerprint density at radius 2 is 0.569 bits per heavy atom. The molecule has 0 saturated carbocycles. The first-order valence-electron chi connectivity index (χ1n) is 17.9. The van der Waals surface area contributed by atoms with E-state index in [2.05, 4.69) is 13.8 Å². The van der Waals surface area contributed by atoms with E-state index >= 15 is 8.42 Å². The summed E-state index contributed by atoms with van der Waals surface area (Å²) < 4.78 is 46.3. The van der Waals surface area contributed by atoms with Crippen LogP contribution in [0.4, 0.5) is 0 Å². The van der Waals surface area contributed by atoms with Crippen LogP contribution in [-0.2, 0) is 18.3 Å². The van der Waals surface area contributed by atoms with Gasteiger partial charge in [-0.1, -0.05) is 0 Å². The van der Waals surface area contributed by atoms with Gasteiger partial charge in [0.25, 0.3) is 0 Å². The summed E-state index contributed by atoms with van der Waals surface area (Å²) in [6, 6.07) is 59.9. The van der Waals surface area contributed by atoms with Crippen LogP contribution in [0.5, 0.6) is 0 Å². The van der Waals surface area contributed by atoms with E-state index in [0.29, 0.717) is 12.3 Å². The van der Waals surface area contributed by atoms with Crippen molar-refractivity contribution in [1.82, 2.24) is 0 Å². The third-order valence-electron chi connectivity index (χ3n) is 10.2. The number of unbranched alkanes of at least 4 members (excludes halogenated alkanes) is 2. The predicted octanol–water partition coefficient (Wildman–Crippen LogP) is 8.75. The average Bonchev–Trinajstić information content (AvgIpc) is 3.20. The molecule has 4 nitrogen and oxygen atoms in total. The molecule has 0 N–H and O–H groups in total. The maximum atomic E-state index is 15.9. The summed E-state index contributed by atoms with van der Waals surface area (Å²) in [7, 11) is -4.85. The molecule has 0 saturated heterocycles. The molecule has 0 atom stereocenters. The molecule has 0 spiro atoms. The third kappa shape index (κ3) is 6.41. The Kier molecular flexibility index (Phi) is 11.1. The van der Waals surface area contributed by atoms with Gasteiger partial charge in [-0.2, -0.15) is 0 Å². The monoisotopic (exact) mass is 734 g/mol. The van der Waals surface area contributed by atoms with Crippen molar-refractivity contribution in [1.29, 1.82) is 0 Å². The summed E-state index contributed by atoms with van der Waals surface area (Å²) in [5.41, 5.74) is 0. The number of hydrogen-bond donors (Lipinski definition) is 0. The van der Waals surface area contributed by atoms with Gasteiger partial charge in [-0.3, -0.25) is 0 Å². The second-order valence-corrected chi connectivity index (χ2v) is 24.0. The minimum atomic E-state index is -4.85. The topological polar surface area (TPSA) is 52.6 Å². The number of benzene rings is 6. The van der Waals surface area contributed by atoms with Gasteiger partial charge in [0.1, 0.15) is 0 Å². The second-order valence-electron chi connectivity index (χ2n) is 13.2. The fraction of sp³-hybridized carbons (Fsp3) is 0.182. The van der Waals surface area contributed by atoms with Gasteiger partial charge >= 0.3 is 306 Å². The fourth-order valence-electron chi connectivity index (χ4n) is 7.80. The molecule has 0 bridgehead atoms. The Balaban J connectivity index is 1.75. The Morgan fingerprint density at radius 1 is 0.373 bits per heavy atom. The molecule has 0 amide bonds. The molecule has 6 aromatic rings. The minimum absolute atomic E-state index is 0.482. The van der Waals surface area contributed by atoms with Crippen molar-refractivity contribution in [3.05, 3.63) is 182 Å². The normalized spacial score (nSPS) is 13.8. The molecule has 6 aromatic carbocycles. The van der Waals surface area contributed by atoms with E-state index < -0.39 is 24.1 Å². The molecular weight excluding hydrogens is 686 g/mol. The van der Waals surface area contributed by atoms with Crippen LogP contribution in [-0.4, -0.2) is 20.7 Å². The summed E-state index contributed by atoms with van der Waals surface area (Å²) in [4.78, 5) is 0. The van der Waals surface area contributed by atoms with Crippen molar-refractivity contribution in [3.63, 3.8) is 0 Å². The summed E-state index contributed by atoms with van der Waals surface area (Å²) in [6.45, 7) is -4.39. The van der Waals surface area contributed by atoms with Crippen molar-refractivity contribution >= 4 is 55.9 Å². The third-order valence-corrected chi connectivity index (χ3v) is 25.0. The molecular formula is C44H48O4P2S. The van der Waals surface area contributed by atoms with Crippen molar-refractivity contribution in [2.45, 2.75) is 39.5 Å². The molecule has 0 radical (unpaired) electrons. The molecule has 0 aliphatic carbocycles. The van der Waals surface area contributed by atoms with Gasteiger partial charge in [0, 0.05) is 0 Å². The summed E-state index contributed by atoms with van der Waals surface area (Å²) in [5, 5.41) is 5.05. The second kappa shape index (κ2) is 15.3. The SMILES string of the molecule is CCCCP(OS(=O)(=O)OP(CCCC)(c1ccccc1)(c1ccccc1)c1ccccc1)(c1ccccc1)(c1ccccc1)c1ccccc1. The summed E-state index contributed by atoms with van der Waals surface area (Å²) in [6.07, 6.45) is 4.14. The van der Waals surface area contributed by atoms with Crippen LogP contribution in [0.3, 0.4) is 0 Å². The molecule has 0 aromatic heterocycles. The summed E-state index contributed by atoms with van der Waals surface area (Å²) in [5.74, 6) is 0. The number of rotatable bonds is 16. The first-order valence-corrected chi connectivity index (χ1v) is 23.9. The van der Waals surface area contributed by atoms with E-state index in [0.717, 1.165) is 57.5 Å². The van der Waals surface area contributed by atoms with Crippen LogP contribution in [0.1, 0.15) is 39.5 Å². The maximum absolute atomic E-state index is 15.9. The van der Waals surface area contributed by atoms with E-state index in [9.17, 15) is 0 Å². The standard InChI is InChI=1S/C44H48O4P2S/c1-3-5-37-49(39-25-13-7-14-26-39,40-27-15-8-16-28-40,41-29-17-9-18-30-41)47-51(45,46)48-50(38-6-4-2,42-31-19-10-20-32-42,43-33-21-11-22-34-43)44-35-23-12-24-36-44/h7-36H,3-6,37-38H2,1-2H3. The van der Waals surface area contributed by atoms with E-state index in [1.807, 2.05) is 182 Å². The zero-order valence-corrected chi connectivity index (χ0v) is 32.1. The quantitative estimate of drug-likeness (QED) is 0.0934. The van der Waals surface area contributed by atoms with Crippen LogP contribution < -0.4 is 31.8 Å². The molecule has 0 aliphatic heterocycles. The molecule has 264 valence electrons. The zero-order chi connectivity index (χ0) is 35.7. The summed E-state index contributed by atoms with van der Waals surface area (Å²) >= 11 is 0. The van der Waals surface area contributed by atoms with Crippen LogP contribution in [0, 0.1) is 0 Å². The molecule has 51 heavy (non-hydrogen) atoms. The van der Waals surface area contributed by atoms with Gasteiger partial charge < -0.3 is 0 Å². The fourth-order valence-corrected chi connectivity index (χ4v) is 24.0. The van der Waals surface area contributed by atoms with Crippen LogP contribution >= 0.6 is 13.7 Å². The first kappa shape index (κ1) is 36.8. The van der Waals surface area contributed by atoms with Gasteiger partial charge in [-0.05, 0) is 0 Å².